The molecule has 0 aliphatic rings. The maximum Gasteiger partial charge on any atom is 0.255 e. The summed E-state index contributed by atoms with van der Waals surface area (Å²) in [6.07, 6.45) is 0. The van der Waals surface area contributed by atoms with E-state index in [1.54, 1.807) is 18.2 Å². The average molecular weight is 373 g/mol. The van der Waals surface area contributed by atoms with Crippen LogP contribution in [0.15, 0.2) is 42.5 Å². The van der Waals surface area contributed by atoms with Crippen molar-refractivity contribution in [2.24, 2.45) is 12.8 Å². The molecule has 3 aromatic rings. The molecule has 1 aromatic heterocycles. The third-order valence-electron chi connectivity index (χ3n) is 4.12. The number of rotatable bonds is 6. The first-order chi connectivity index (χ1) is 12.5. The van der Waals surface area contributed by atoms with Crippen LogP contribution in [0.1, 0.15) is 29.1 Å². The van der Waals surface area contributed by atoms with Crippen molar-refractivity contribution in [3.63, 3.8) is 0 Å². The van der Waals surface area contributed by atoms with Gasteiger partial charge in [-0.25, -0.2) is 4.98 Å². The van der Waals surface area contributed by atoms with Gasteiger partial charge in [0.15, 0.2) is 0 Å². The molecule has 2 aromatic carbocycles. The Morgan fingerprint density at radius 2 is 2.12 bits per heavy atom. The van der Waals surface area contributed by atoms with Gasteiger partial charge >= 0.3 is 0 Å². The van der Waals surface area contributed by atoms with E-state index in [0.717, 1.165) is 16.9 Å². The number of halogens is 1. The Kier molecular flexibility index (Phi) is 5.44. The maximum absolute atomic E-state index is 12.8. The summed E-state index contributed by atoms with van der Waals surface area (Å²) in [7, 11) is 1.93. The molecule has 0 aliphatic heterocycles. The highest BCUT2D eigenvalue weighted by Gasteiger charge is 2.20. The van der Waals surface area contributed by atoms with Crippen LogP contribution >= 0.6 is 11.6 Å². The average Bonchev–Trinajstić information content (AvgIpc) is 2.98. The third-order valence-corrected chi connectivity index (χ3v) is 4.35. The van der Waals surface area contributed by atoms with Crippen molar-refractivity contribution in [1.82, 2.24) is 14.9 Å². The largest absolute Gasteiger partial charge is 0.491 e. The van der Waals surface area contributed by atoms with Gasteiger partial charge in [0, 0.05) is 18.6 Å². The summed E-state index contributed by atoms with van der Waals surface area (Å²) in [5.74, 6) is 0.944. The summed E-state index contributed by atoms with van der Waals surface area (Å²) in [6.45, 7) is 2.58. The fourth-order valence-electron chi connectivity index (χ4n) is 2.86. The van der Waals surface area contributed by atoms with Crippen molar-refractivity contribution < 1.29 is 9.53 Å². The highest BCUT2D eigenvalue weighted by Crippen LogP contribution is 2.25. The molecule has 0 bridgehead atoms. The smallest absolute Gasteiger partial charge is 0.255 e. The first-order valence-corrected chi connectivity index (χ1v) is 8.73. The van der Waals surface area contributed by atoms with Gasteiger partial charge in [-0.2, -0.15) is 0 Å². The Hall–Kier alpha value is -2.57. The number of aromatic nitrogens is 2. The number of benzene rings is 2. The molecular weight excluding hydrogens is 352 g/mol. The van der Waals surface area contributed by atoms with Crippen LogP contribution in [0.5, 0.6) is 5.75 Å². The fourth-order valence-corrected chi connectivity index (χ4v) is 3.04. The molecule has 3 N–H and O–H groups in total. The Labute approximate surface area is 156 Å². The van der Waals surface area contributed by atoms with Crippen molar-refractivity contribution in [2.75, 3.05) is 13.2 Å². The minimum absolute atomic E-state index is 0.279. The van der Waals surface area contributed by atoms with Crippen molar-refractivity contribution in [2.45, 2.75) is 13.0 Å². The number of hydrogen-bond donors (Lipinski definition) is 2. The summed E-state index contributed by atoms with van der Waals surface area (Å²) >= 11 is 6.05. The van der Waals surface area contributed by atoms with E-state index in [1.165, 1.54) is 0 Å². The summed E-state index contributed by atoms with van der Waals surface area (Å²) < 4.78 is 7.53. The van der Waals surface area contributed by atoms with E-state index < -0.39 is 0 Å². The number of fused-ring (bicyclic) bond motifs is 1. The molecule has 0 radical (unpaired) electrons. The molecule has 136 valence electrons. The lowest BCUT2D eigenvalue weighted by Crippen LogP contribution is -2.29. The molecule has 1 atom stereocenters. The van der Waals surface area contributed by atoms with E-state index in [-0.39, 0.29) is 11.9 Å². The van der Waals surface area contributed by atoms with E-state index in [4.69, 9.17) is 22.1 Å². The number of carbonyl (C=O) groups is 1. The van der Waals surface area contributed by atoms with Crippen LogP contribution in [0.4, 0.5) is 0 Å². The number of ether oxygens (including phenoxy) is 1. The highest BCUT2D eigenvalue weighted by molar-refractivity contribution is 6.31. The predicted molar refractivity (Wildman–Crippen MR) is 103 cm³/mol. The molecule has 3 rings (SSSR count). The van der Waals surface area contributed by atoms with Crippen LogP contribution in [0.25, 0.3) is 11.0 Å². The van der Waals surface area contributed by atoms with Gasteiger partial charge in [-0.1, -0.05) is 23.7 Å². The fraction of sp³-hybridized carbons (Fsp3) is 0.263. The van der Waals surface area contributed by atoms with Crippen LogP contribution in [-0.2, 0) is 7.05 Å². The van der Waals surface area contributed by atoms with E-state index in [9.17, 15) is 4.79 Å². The summed E-state index contributed by atoms with van der Waals surface area (Å²) in [5, 5.41) is 3.43. The molecule has 0 saturated heterocycles. The van der Waals surface area contributed by atoms with Gasteiger partial charge in [-0.05, 0) is 37.3 Å². The topological polar surface area (TPSA) is 82.2 Å². The van der Waals surface area contributed by atoms with Crippen LogP contribution in [0.3, 0.4) is 0 Å². The molecule has 0 aliphatic carbocycles. The van der Waals surface area contributed by atoms with Crippen molar-refractivity contribution in [3.8, 4) is 5.75 Å². The van der Waals surface area contributed by atoms with Gasteiger partial charge in [0.1, 0.15) is 18.2 Å². The van der Waals surface area contributed by atoms with Crippen molar-refractivity contribution in [3.05, 3.63) is 58.9 Å². The lowest BCUT2D eigenvalue weighted by atomic mass is 10.1. The SMILES string of the molecule is CC(NC(=O)c1cc(Cl)ccc1OCCN)c1nc2ccccc2n1C. The lowest BCUT2D eigenvalue weighted by Gasteiger charge is -2.16. The zero-order chi connectivity index (χ0) is 18.7. The van der Waals surface area contributed by atoms with Gasteiger partial charge in [0.2, 0.25) is 0 Å². The number of imidazole rings is 1. The van der Waals surface area contributed by atoms with Crippen LogP contribution < -0.4 is 15.8 Å². The Balaban J connectivity index is 1.85. The van der Waals surface area contributed by atoms with Crippen LogP contribution in [0, 0.1) is 0 Å². The molecule has 0 spiro atoms. The number of aryl methyl sites for hydroxylation is 1. The van der Waals surface area contributed by atoms with Gasteiger partial charge in [-0.15, -0.1) is 0 Å². The molecule has 6 nitrogen and oxygen atoms in total. The molecule has 0 saturated carbocycles. The maximum atomic E-state index is 12.8. The third kappa shape index (κ3) is 3.66. The Morgan fingerprint density at radius 3 is 2.85 bits per heavy atom. The number of amides is 1. The Bertz CT molecular complexity index is 938. The number of carbonyl (C=O) groups excluding carboxylic acids is 1. The van der Waals surface area contributed by atoms with E-state index in [1.807, 2.05) is 42.8 Å². The van der Waals surface area contributed by atoms with Gasteiger partial charge in [-0.3, -0.25) is 4.79 Å². The van der Waals surface area contributed by atoms with Crippen molar-refractivity contribution in [1.29, 1.82) is 0 Å². The van der Waals surface area contributed by atoms with E-state index in [2.05, 4.69) is 10.3 Å². The minimum atomic E-state index is -0.291. The highest BCUT2D eigenvalue weighted by atomic mass is 35.5. The standard InChI is InChI=1S/C19H21ClN4O2/c1-12(18-23-15-5-3-4-6-16(15)24(18)2)22-19(25)14-11-13(20)7-8-17(14)26-10-9-21/h3-8,11-12H,9-10,21H2,1-2H3,(H,22,25). The van der Waals surface area contributed by atoms with Crippen LogP contribution in [0.2, 0.25) is 5.02 Å². The van der Waals surface area contributed by atoms with Gasteiger partial charge < -0.3 is 20.4 Å². The van der Waals surface area contributed by atoms with Crippen LogP contribution in [-0.4, -0.2) is 28.6 Å². The second kappa shape index (κ2) is 7.76. The molecule has 1 heterocycles. The molecule has 0 fully saturated rings. The number of nitrogens with zero attached hydrogens (tertiary/aromatic N) is 2. The quantitative estimate of drug-likeness (QED) is 0.696. The minimum Gasteiger partial charge on any atom is -0.491 e. The zero-order valence-electron chi connectivity index (χ0n) is 14.7. The van der Waals surface area contributed by atoms with E-state index >= 15 is 0 Å². The number of nitrogens with two attached hydrogens (primary N) is 1. The first-order valence-electron chi connectivity index (χ1n) is 8.36. The number of nitrogens with one attached hydrogen (secondary N) is 1. The van der Waals surface area contributed by atoms with Gasteiger partial charge in [0.05, 0.1) is 22.6 Å². The molecular formula is C19H21ClN4O2. The molecule has 1 amide bonds. The second-order valence-corrected chi connectivity index (χ2v) is 6.43. The summed E-state index contributed by atoms with van der Waals surface area (Å²) in [6, 6.07) is 12.5. The normalized spacial score (nSPS) is 12.2. The monoisotopic (exact) mass is 372 g/mol. The summed E-state index contributed by atoms with van der Waals surface area (Å²) in [5.41, 5.74) is 7.75. The lowest BCUT2D eigenvalue weighted by molar-refractivity contribution is 0.0934. The predicted octanol–water partition coefficient (Wildman–Crippen LogP) is 3.06. The first kappa shape index (κ1) is 18.2. The Morgan fingerprint density at radius 1 is 1.35 bits per heavy atom. The number of hydrogen-bond acceptors (Lipinski definition) is 4. The molecule has 7 heteroatoms. The summed E-state index contributed by atoms with van der Waals surface area (Å²) in [4.78, 5) is 17.4. The van der Waals surface area contributed by atoms with Gasteiger partial charge in [0.25, 0.3) is 5.91 Å². The zero-order valence-corrected chi connectivity index (χ0v) is 15.5. The van der Waals surface area contributed by atoms with Crippen molar-refractivity contribution >= 4 is 28.5 Å². The number of para-hydroxylation sites is 2. The van der Waals surface area contributed by atoms with E-state index in [0.29, 0.717) is 29.5 Å². The molecule has 1 unspecified atom stereocenters. The molecule has 26 heavy (non-hydrogen) atoms. The second-order valence-electron chi connectivity index (χ2n) is 5.99.